The van der Waals surface area contributed by atoms with E-state index in [1.165, 1.54) is 18.2 Å². The molecule has 5 nitrogen and oxygen atoms in total. The molecule has 0 aromatic heterocycles. The minimum absolute atomic E-state index is 0.0331. The first-order chi connectivity index (χ1) is 8.36. The number of hydrogen-bond acceptors (Lipinski definition) is 4. The van der Waals surface area contributed by atoms with Crippen LogP contribution in [0.15, 0.2) is 23.1 Å². The lowest BCUT2D eigenvalue weighted by Gasteiger charge is -2.12. The smallest absolute Gasteiger partial charge is 0.242 e. The summed E-state index contributed by atoms with van der Waals surface area (Å²) in [6.45, 7) is 2.46. The molecule has 96 valence electrons. The Morgan fingerprint density at radius 2 is 2.17 bits per heavy atom. The summed E-state index contributed by atoms with van der Waals surface area (Å²) >= 11 is 0. The molecular weight excluding hydrogens is 250 g/mol. The lowest BCUT2D eigenvalue weighted by Crippen LogP contribution is -2.29. The zero-order valence-electron chi connectivity index (χ0n) is 10.1. The molecule has 18 heavy (non-hydrogen) atoms. The van der Waals surface area contributed by atoms with Crippen molar-refractivity contribution in [2.24, 2.45) is 5.41 Å². The molecule has 0 bridgehead atoms. The van der Waals surface area contributed by atoms with Crippen molar-refractivity contribution >= 4 is 15.7 Å². The first-order valence-electron chi connectivity index (χ1n) is 5.66. The van der Waals surface area contributed by atoms with Crippen molar-refractivity contribution in [3.8, 4) is 6.07 Å². The molecule has 1 saturated carbocycles. The van der Waals surface area contributed by atoms with Crippen LogP contribution in [-0.4, -0.2) is 15.0 Å². The van der Waals surface area contributed by atoms with E-state index in [0.717, 1.165) is 12.8 Å². The molecule has 1 aliphatic carbocycles. The number of rotatable bonds is 4. The second-order valence-electron chi connectivity index (χ2n) is 5.00. The molecule has 0 aliphatic heterocycles. The van der Waals surface area contributed by atoms with Crippen molar-refractivity contribution in [2.45, 2.75) is 24.7 Å². The Kier molecular flexibility index (Phi) is 3.05. The van der Waals surface area contributed by atoms with Gasteiger partial charge in [0, 0.05) is 6.54 Å². The number of sulfonamides is 1. The highest BCUT2D eigenvalue weighted by Crippen LogP contribution is 2.44. The molecule has 1 aromatic carbocycles. The lowest BCUT2D eigenvalue weighted by atomic mass is 10.2. The molecule has 0 amide bonds. The highest BCUT2D eigenvalue weighted by atomic mass is 32.2. The van der Waals surface area contributed by atoms with Gasteiger partial charge >= 0.3 is 0 Å². The van der Waals surface area contributed by atoms with Crippen molar-refractivity contribution in [3.63, 3.8) is 0 Å². The fourth-order valence-electron chi connectivity index (χ4n) is 1.60. The zero-order valence-corrected chi connectivity index (χ0v) is 10.9. The summed E-state index contributed by atoms with van der Waals surface area (Å²) in [4.78, 5) is 0.0331. The van der Waals surface area contributed by atoms with Crippen molar-refractivity contribution in [1.82, 2.24) is 4.72 Å². The number of nitriles is 1. The maximum absolute atomic E-state index is 12.1. The van der Waals surface area contributed by atoms with Crippen molar-refractivity contribution in [3.05, 3.63) is 23.8 Å². The van der Waals surface area contributed by atoms with Gasteiger partial charge in [0.25, 0.3) is 0 Å². The van der Waals surface area contributed by atoms with E-state index in [4.69, 9.17) is 11.0 Å². The third kappa shape index (κ3) is 2.63. The van der Waals surface area contributed by atoms with Crippen molar-refractivity contribution < 1.29 is 8.42 Å². The summed E-state index contributed by atoms with van der Waals surface area (Å²) in [5.74, 6) is 0. The van der Waals surface area contributed by atoms with E-state index in [0.29, 0.717) is 12.1 Å². The molecular formula is C12H15N3O2S. The highest BCUT2D eigenvalue weighted by molar-refractivity contribution is 7.89. The first kappa shape index (κ1) is 12.9. The van der Waals surface area contributed by atoms with Crippen LogP contribution in [0.2, 0.25) is 0 Å². The SMILES string of the molecule is CC1(CNS(=O)(=O)c2ccc(C#N)cc2N)CC1. The van der Waals surface area contributed by atoms with E-state index in [9.17, 15) is 8.42 Å². The van der Waals surface area contributed by atoms with Crippen LogP contribution in [0.1, 0.15) is 25.3 Å². The van der Waals surface area contributed by atoms with Gasteiger partial charge < -0.3 is 5.73 Å². The van der Waals surface area contributed by atoms with Crippen LogP contribution < -0.4 is 10.5 Å². The Hall–Kier alpha value is -1.58. The molecule has 0 radical (unpaired) electrons. The van der Waals surface area contributed by atoms with Gasteiger partial charge in [0.1, 0.15) is 4.90 Å². The number of nitrogens with zero attached hydrogens (tertiary/aromatic N) is 1. The van der Waals surface area contributed by atoms with Crippen molar-refractivity contribution in [2.75, 3.05) is 12.3 Å². The van der Waals surface area contributed by atoms with E-state index in [1.807, 2.05) is 13.0 Å². The predicted molar refractivity (Wildman–Crippen MR) is 68.1 cm³/mol. The van der Waals surface area contributed by atoms with Gasteiger partial charge in [-0.15, -0.1) is 0 Å². The van der Waals surface area contributed by atoms with Crippen LogP contribution >= 0.6 is 0 Å². The van der Waals surface area contributed by atoms with Crippen molar-refractivity contribution in [1.29, 1.82) is 5.26 Å². The first-order valence-corrected chi connectivity index (χ1v) is 7.14. The number of hydrogen-bond donors (Lipinski definition) is 2. The Labute approximate surface area is 107 Å². The quantitative estimate of drug-likeness (QED) is 0.800. The fourth-order valence-corrected chi connectivity index (χ4v) is 2.91. The van der Waals surface area contributed by atoms with Crippen LogP contribution in [0.5, 0.6) is 0 Å². The second kappa shape index (κ2) is 4.26. The average molecular weight is 265 g/mol. The number of anilines is 1. The largest absolute Gasteiger partial charge is 0.398 e. The minimum Gasteiger partial charge on any atom is -0.398 e. The van der Waals surface area contributed by atoms with Crippen LogP contribution in [0, 0.1) is 16.7 Å². The van der Waals surface area contributed by atoms with Gasteiger partial charge in [0.15, 0.2) is 0 Å². The number of nitrogens with two attached hydrogens (primary N) is 1. The summed E-state index contributed by atoms with van der Waals surface area (Å²) in [6.07, 6.45) is 2.08. The van der Waals surface area contributed by atoms with Crippen LogP contribution in [-0.2, 0) is 10.0 Å². The molecule has 6 heteroatoms. The predicted octanol–water partition coefficient (Wildman–Crippen LogP) is 1.22. The Bertz CT molecular complexity index is 613. The van der Waals surface area contributed by atoms with Crippen LogP contribution in [0.25, 0.3) is 0 Å². The molecule has 0 atom stereocenters. The highest BCUT2D eigenvalue weighted by Gasteiger charge is 2.38. The molecule has 0 spiro atoms. The van der Waals surface area contributed by atoms with Gasteiger partial charge in [-0.3, -0.25) is 0 Å². The average Bonchev–Trinajstić information content (AvgIpc) is 3.05. The van der Waals surface area contributed by atoms with Gasteiger partial charge in [-0.1, -0.05) is 6.92 Å². The summed E-state index contributed by atoms with van der Waals surface area (Å²) < 4.78 is 26.7. The number of nitrogen functional groups attached to an aromatic ring is 1. The fraction of sp³-hybridized carbons (Fsp3) is 0.417. The Morgan fingerprint density at radius 3 is 2.67 bits per heavy atom. The standard InChI is InChI=1S/C12H15N3O2S/c1-12(4-5-12)8-15-18(16,17)11-3-2-9(7-13)6-10(11)14/h2-3,6,15H,4-5,8,14H2,1H3. The third-order valence-electron chi connectivity index (χ3n) is 3.22. The second-order valence-corrected chi connectivity index (χ2v) is 6.73. The molecule has 1 fully saturated rings. The zero-order chi connectivity index (χ0) is 13.4. The molecule has 1 aliphatic rings. The van der Waals surface area contributed by atoms with E-state index < -0.39 is 10.0 Å². The monoisotopic (exact) mass is 265 g/mol. The van der Waals surface area contributed by atoms with E-state index in [1.54, 1.807) is 0 Å². The molecule has 0 heterocycles. The van der Waals surface area contributed by atoms with Gasteiger partial charge in [0.05, 0.1) is 17.3 Å². The van der Waals surface area contributed by atoms with E-state index >= 15 is 0 Å². The normalized spacial score (nSPS) is 17.1. The maximum Gasteiger partial charge on any atom is 0.242 e. The molecule has 3 N–H and O–H groups in total. The third-order valence-corrected chi connectivity index (χ3v) is 4.70. The molecule has 0 unspecified atom stereocenters. The van der Waals surface area contributed by atoms with E-state index in [-0.39, 0.29) is 16.0 Å². The minimum atomic E-state index is -3.59. The summed E-state index contributed by atoms with van der Waals surface area (Å²) in [6, 6.07) is 6.10. The molecule has 1 aromatic rings. The Balaban J connectivity index is 2.21. The van der Waals surface area contributed by atoms with Gasteiger partial charge in [-0.05, 0) is 36.5 Å². The van der Waals surface area contributed by atoms with Gasteiger partial charge in [0.2, 0.25) is 10.0 Å². The van der Waals surface area contributed by atoms with Gasteiger partial charge in [-0.25, -0.2) is 13.1 Å². The number of nitrogens with one attached hydrogen (secondary N) is 1. The molecule has 0 saturated heterocycles. The Morgan fingerprint density at radius 1 is 1.50 bits per heavy atom. The van der Waals surface area contributed by atoms with Crippen LogP contribution in [0.4, 0.5) is 5.69 Å². The molecule has 2 rings (SSSR count). The van der Waals surface area contributed by atoms with Gasteiger partial charge in [-0.2, -0.15) is 5.26 Å². The van der Waals surface area contributed by atoms with Crippen LogP contribution in [0.3, 0.4) is 0 Å². The maximum atomic E-state index is 12.1. The number of benzene rings is 1. The summed E-state index contributed by atoms with van der Waals surface area (Å²) in [5.41, 5.74) is 6.21. The lowest BCUT2D eigenvalue weighted by molar-refractivity contribution is 0.530. The van der Waals surface area contributed by atoms with E-state index in [2.05, 4.69) is 4.72 Å². The summed E-state index contributed by atoms with van der Waals surface area (Å²) in [5, 5.41) is 8.70. The summed E-state index contributed by atoms with van der Waals surface area (Å²) in [7, 11) is -3.59. The topological polar surface area (TPSA) is 96.0 Å².